The molecular weight excluding hydrogens is 326 g/mol. The molecule has 2 aromatic carbocycles. The van der Waals surface area contributed by atoms with Crippen LogP contribution in [0.2, 0.25) is 0 Å². The SMILES string of the molecule is CNCc1cccc(Br)c1OCc1ccc2c(c1)CCC2. The van der Waals surface area contributed by atoms with Crippen LogP contribution in [0.25, 0.3) is 0 Å². The molecule has 3 rings (SSSR count). The monoisotopic (exact) mass is 345 g/mol. The molecule has 1 N–H and O–H groups in total. The molecule has 0 spiro atoms. The molecular formula is C18H20BrNO. The van der Waals surface area contributed by atoms with Gasteiger partial charge in [0, 0.05) is 12.1 Å². The number of nitrogens with one attached hydrogen (secondary N) is 1. The van der Waals surface area contributed by atoms with Gasteiger partial charge in [-0.05, 0) is 65.0 Å². The van der Waals surface area contributed by atoms with Crippen molar-refractivity contribution >= 4 is 15.9 Å². The van der Waals surface area contributed by atoms with Crippen LogP contribution in [0.4, 0.5) is 0 Å². The summed E-state index contributed by atoms with van der Waals surface area (Å²) in [5, 5.41) is 3.18. The average Bonchev–Trinajstić information content (AvgIpc) is 2.94. The minimum absolute atomic E-state index is 0.618. The molecule has 0 saturated heterocycles. The molecule has 0 fully saturated rings. The number of hydrogen-bond acceptors (Lipinski definition) is 2. The van der Waals surface area contributed by atoms with Crippen molar-refractivity contribution in [3.8, 4) is 5.75 Å². The molecule has 0 atom stereocenters. The molecule has 3 heteroatoms. The van der Waals surface area contributed by atoms with Crippen LogP contribution in [0.1, 0.15) is 28.7 Å². The summed E-state index contributed by atoms with van der Waals surface area (Å²) in [6.07, 6.45) is 3.73. The highest BCUT2D eigenvalue weighted by molar-refractivity contribution is 9.10. The number of halogens is 1. The van der Waals surface area contributed by atoms with E-state index in [1.807, 2.05) is 19.2 Å². The summed E-state index contributed by atoms with van der Waals surface area (Å²) in [6.45, 7) is 1.42. The number of para-hydroxylation sites is 1. The van der Waals surface area contributed by atoms with Crippen molar-refractivity contribution in [3.05, 3.63) is 63.1 Å². The van der Waals surface area contributed by atoms with E-state index in [0.717, 1.165) is 16.8 Å². The van der Waals surface area contributed by atoms with Crippen molar-refractivity contribution < 1.29 is 4.74 Å². The first-order valence-electron chi connectivity index (χ1n) is 7.43. The maximum Gasteiger partial charge on any atom is 0.138 e. The Bertz CT molecular complexity index is 639. The number of ether oxygens (including phenoxy) is 1. The third-order valence-corrected chi connectivity index (χ3v) is 4.59. The van der Waals surface area contributed by atoms with Gasteiger partial charge in [-0.25, -0.2) is 0 Å². The summed E-state index contributed by atoms with van der Waals surface area (Å²) in [5.74, 6) is 0.937. The van der Waals surface area contributed by atoms with E-state index in [2.05, 4.69) is 45.5 Å². The van der Waals surface area contributed by atoms with Crippen LogP contribution in [0.5, 0.6) is 5.75 Å². The second-order valence-electron chi connectivity index (χ2n) is 5.50. The Labute approximate surface area is 134 Å². The van der Waals surface area contributed by atoms with Crippen molar-refractivity contribution in [2.75, 3.05) is 7.05 Å². The summed E-state index contributed by atoms with van der Waals surface area (Å²) in [4.78, 5) is 0. The predicted molar refractivity (Wildman–Crippen MR) is 89.7 cm³/mol. The molecule has 2 nitrogen and oxygen atoms in total. The van der Waals surface area contributed by atoms with Crippen molar-refractivity contribution in [2.24, 2.45) is 0 Å². The lowest BCUT2D eigenvalue weighted by Crippen LogP contribution is -2.08. The minimum atomic E-state index is 0.618. The normalized spacial score (nSPS) is 13.2. The zero-order valence-corrected chi connectivity index (χ0v) is 13.9. The van der Waals surface area contributed by atoms with Crippen LogP contribution in [0, 0.1) is 0 Å². The third-order valence-electron chi connectivity index (χ3n) is 3.96. The number of hydrogen-bond donors (Lipinski definition) is 1. The summed E-state index contributed by atoms with van der Waals surface area (Å²) in [5.41, 5.74) is 5.43. The van der Waals surface area contributed by atoms with Gasteiger partial charge in [-0.1, -0.05) is 30.3 Å². The maximum atomic E-state index is 6.08. The Hall–Kier alpha value is -1.32. The molecule has 21 heavy (non-hydrogen) atoms. The zero-order chi connectivity index (χ0) is 14.7. The fraction of sp³-hybridized carbons (Fsp3) is 0.333. The standard InChI is InChI=1S/C18H20BrNO/c1-20-11-16-6-3-7-17(19)18(16)21-12-13-8-9-14-4-2-5-15(14)10-13/h3,6-10,20H,2,4-5,11-12H2,1H3. The van der Waals surface area contributed by atoms with Crippen LogP contribution in [0.15, 0.2) is 40.9 Å². The van der Waals surface area contributed by atoms with Crippen LogP contribution >= 0.6 is 15.9 Å². The van der Waals surface area contributed by atoms with Gasteiger partial charge in [0.15, 0.2) is 0 Å². The Balaban J connectivity index is 1.76. The molecule has 0 radical (unpaired) electrons. The fourth-order valence-electron chi connectivity index (χ4n) is 2.92. The van der Waals surface area contributed by atoms with Crippen molar-refractivity contribution in [3.63, 3.8) is 0 Å². The highest BCUT2D eigenvalue weighted by atomic mass is 79.9. The smallest absolute Gasteiger partial charge is 0.138 e. The van der Waals surface area contributed by atoms with E-state index < -0.39 is 0 Å². The molecule has 0 aromatic heterocycles. The van der Waals surface area contributed by atoms with Gasteiger partial charge in [0.1, 0.15) is 12.4 Å². The molecule has 0 saturated carbocycles. The van der Waals surface area contributed by atoms with Crippen LogP contribution < -0.4 is 10.1 Å². The molecule has 1 aliphatic rings. The molecule has 0 heterocycles. The molecule has 0 amide bonds. The first-order valence-corrected chi connectivity index (χ1v) is 8.22. The van der Waals surface area contributed by atoms with E-state index in [9.17, 15) is 0 Å². The highest BCUT2D eigenvalue weighted by Crippen LogP contribution is 2.30. The van der Waals surface area contributed by atoms with E-state index in [-0.39, 0.29) is 0 Å². The van der Waals surface area contributed by atoms with Crippen molar-refractivity contribution in [1.82, 2.24) is 5.32 Å². The lowest BCUT2D eigenvalue weighted by molar-refractivity contribution is 0.300. The predicted octanol–water partition coefficient (Wildman–Crippen LogP) is 4.24. The van der Waals surface area contributed by atoms with E-state index in [4.69, 9.17) is 4.74 Å². The number of aryl methyl sites for hydroxylation is 2. The Morgan fingerprint density at radius 3 is 2.86 bits per heavy atom. The van der Waals surface area contributed by atoms with Crippen molar-refractivity contribution in [2.45, 2.75) is 32.4 Å². The second-order valence-corrected chi connectivity index (χ2v) is 6.36. The minimum Gasteiger partial charge on any atom is -0.487 e. The topological polar surface area (TPSA) is 21.3 Å². The Morgan fingerprint density at radius 2 is 2.00 bits per heavy atom. The van der Waals surface area contributed by atoms with Gasteiger partial charge < -0.3 is 10.1 Å². The second kappa shape index (κ2) is 6.63. The van der Waals surface area contributed by atoms with E-state index in [0.29, 0.717) is 6.61 Å². The molecule has 110 valence electrons. The summed E-state index contributed by atoms with van der Waals surface area (Å²) in [7, 11) is 1.95. The highest BCUT2D eigenvalue weighted by Gasteiger charge is 2.12. The Kier molecular flexibility index (Phi) is 4.61. The maximum absolute atomic E-state index is 6.08. The fourth-order valence-corrected chi connectivity index (χ4v) is 3.44. The average molecular weight is 346 g/mol. The summed E-state index contributed by atoms with van der Waals surface area (Å²) < 4.78 is 7.09. The molecule has 0 bridgehead atoms. The third kappa shape index (κ3) is 3.30. The summed E-state index contributed by atoms with van der Waals surface area (Å²) in [6, 6.07) is 12.9. The van der Waals surface area contributed by atoms with Gasteiger partial charge in [-0.3, -0.25) is 0 Å². The number of benzene rings is 2. The Morgan fingerprint density at radius 1 is 1.14 bits per heavy atom. The molecule has 0 aliphatic heterocycles. The van der Waals surface area contributed by atoms with E-state index in [1.165, 1.54) is 41.5 Å². The van der Waals surface area contributed by atoms with Crippen LogP contribution in [0.3, 0.4) is 0 Å². The van der Waals surface area contributed by atoms with Gasteiger partial charge in [0.05, 0.1) is 4.47 Å². The van der Waals surface area contributed by atoms with E-state index in [1.54, 1.807) is 0 Å². The van der Waals surface area contributed by atoms with Gasteiger partial charge in [-0.15, -0.1) is 0 Å². The van der Waals surface area contributed by atoms with Crippen molar-refractivity contribution in [1.29, 1.82) is 0 Å². The number of rotatable bonds is 5. The van der Waals surface area contributed by atoms with Gasteiger partial charge >= 0.3 is 0 Å². The van der Waals surface area contributed by atoms with Crippen LogP contribution in [-0.2, 0) is 26.0 Å². The molecule has 2 aromatic rings. The zero-order valence-electron chi connectivity index (χ0n) is 12.3. The quantitative estimate of drug-likeness (QED) is 0.875. The first kappa shape index (κ1) is 14.6. The molecule has 0 unspecified atom stereocenters. The molecule has 1 aliphatic carbocycles. The first-order chi connectivity index (χ1) is 10.3. The van der Waals surface area contributed by atoms with Crippen LogP contribution in [-0.4, -0.2) is 7.05 Å². The van der Waals surface area contributed by atoms with Gasteiger partial charge in [0.25, 0.3) is 0 Å². The summed E-state index contributed by atoms with van der Waals surface area (Å²) >= 11 is 3.59. The largest absolute Gasteiger partial charge is 0.487 e. The van der Waals surface area contributed by atoms with Gasteiger partial charge in [-0.2, -0.15) is 0 Å². The lowest BCUT2D eigenvalue weighted by atomic mass is 10.1. The van der Waals surface area contributed by atoms with Gasteiger partial charge in [0.2, 0.25) is 0 Å². The number of fused-ring (bicyclic) bond motifs is 1. The lowest BCUT2D eigenvalue weighted by Gasteiger charge is -2.14. The van der Waals surface area contributed by atoms with E-state index >= 15 is 0 Å².